The molecule has 0 aromatic heterocycles. The predicted octanol–water partition coefficient (Wildman–Crippen LogP) is 0.839. The SMILES string of the molecule is C=N/C=C(\C=N/CC)NC. The fraction of sp³-hybridized carbons (Fsp3) is 0.429. The molecule has 1 N–H and O–H groups in total. The summed E-state index contributed by atoms with van der Waals surface area (Å²) < 4.78 is 0. The van der Waals surface area contributed by atoms with Crippen LogP contribution in [0.25, 0.3) is 0 Å². The maximum absolute atomic E-state index is 4.02. The number of allylic oxidation sites excluding steroid dienone is 1. The van der Waals surface area contributed by atoms with Crippen LogP contribution >= 0.6 is 0 Å². The van der Waals surface area contributed by atoms with Crippen LogP contribution in [0.5, 0.6) is 0 Å². The van der Waals surface area contributed by atoms with E-state index < -0.39 is 0 Å². The van der Waals surface area contributed by atoms with Crippen molar-refractivity contribution in [1.29, 1.82) is 0 Å². The van der Waals surface area contributed by atoms with Gasteiger partial charge < -0.3 is 5.32 Å². The van der Waals surface area contributed by atoms with E-state index in [9.17, 15) is 0 Å². The van der Waals surface area contributed by atoms with Gasteiger partial charge in [0.1, 0.15) is 0 Å². The van der Waals surface area contributed by atoms with Crippen molar-refractivity contribution in [3.8, 4) is 0 Å². The van der Waals surface area contributed by atoms with Crippen molar-refractivity contribution in [3.63, 3.8) is 0 Å². The fourth-order valence-electron chi connectivity index (χ4n) is 0.450. The van der Waals surface area contributed by atoms with Crippen LogP contribution in [0.4, 0.5) is 0 Å². The third-order valence-corrected chi connectivity index (χ3v) is 0.932. The van der Waals surface area contributed by atoms with E-state index in [1.807, 2.05) is 14.0 Å². The quantitative estimate of drug-likeness (QED) is 0.576. The van der Waals surface area contributed by atoms with E-state index in [0.29, 0.717) is 0 Å². The highest BCUT2D eigenvalue weighted by atomic mass is 14.9. The zero-order valence-corrected chi connectivity index (χ0v) is 6.46. The van der Waals surface area contributed by atoms with E-state index in [0.717, 1.165) is 12.2 Å². The van der Waals surface area contributed by atoms with Crippen molar-refractivity contribution in [2.24, 2.45) is 9.98 Å². The van der Waals surface area contributed by atoms with Gasteiger partial charge in [-0.05, 0) is 13.6 Å². The van der Waals surface area contributed by atoms with Gasteiger partial charge >= 0.3 is 0 Å². The molecule has 0 aromatic carbocycles. The second-order valence-corrected chi connectivity index (χ2v) is 1.64. The lowest BCUT2D eigenvalue weighted by molar-refractivity contribution is 1.04. The van der Waals surface area contributed by atoms with Crippen LogP contribution in [0.1, 0.15) is 6.92 Å². The molecule has 0 rings (SSSR count). The minimum atomic E-state index is 0.788. The first kappa shape index (κ1) is 8.88. The minimum absolute atomic E-state index is 0.788. The summed E-state index contributed by atoms with van der Waals surface area (Å²) in [6.45, 7) is 6.09. The summed E-state index contributed by atoms with van der Waals surface area (Å²) in [5.74, 6) is 0. The van der Waals surface area contributed by atoms with Gasteiger partial charge in [-0.3, -0.25) is 9.98 Å². The summed E-state index contributed by atoms with van der Waals surface area (Å²) in [4.78, 5) is 7.61. The zero-order chi connectivity index (χ0) is 7.82. The van der Waals surface area contributed by atoms with Crippen LogP contribution in [0.15, 0.2) is 21.9 Å². The average molecular weight is 139 g/mol. The minimum Gasteiger partial charge on any atom is -0.386 e. The number of rotatable bonds is 4. The van der Waals surface area contributed by atoms with Gasteiger partial charge in [-0.25, -0.2) is 0 Å². The summed E-state index contributed by atoms with van der Waals surface area (Å²) in [7, 11) is 1.82. The Morgan fingerprint density at radius 1 is 1.70 bits per heavy atom. The molecule has 10 heavy (non-hydrogen) atoms. The Kier molecular flexibility index (Phi) is 5.33. The monoisotopic (exact) mass is 139 g/mol. The third kappa shape index (κ3) is 3.83. The van der Waals surface area contributed by atoms with Gasteiger partial charge in [-0.1, -0.05) is 0 Å². The molecule has 0 fully saturated rings. The lowest BCUT2D eigenvalue weighted by atomic mass is 10.5. The first-order chi connectivity index (χ1) is 4.85. The van der Waals surface area contributed by atoms with E-state index in [4.69, 9.17) is 0 Å². The van der Waals surface area contributed by atoms with E-state index in [1.54, 1.807) is 12.4 Å². The Balaban J connectivity index is 3.94. The summed E-state index contributed by atoms with van der Waals surface area (Å²) >= 11 is 0. The van der Waals surface area contributed by atoms with Gasteiger partial charge in [0.15, 0.2) is 0 Å². The molecule has 0 atom stereocenters. The molecule has 0 radical (unpaired) electrons. The van der Waals surface area contributed by atoms with Crippen molar-refractivity contribution in [2.75, 3.05) is 13.6 Å². The number of hydrogen-bond donors (Lipinski definition) is 1. The maximum atomic E-state index is 4.02. The highest BCUT2D eigenvalue weighted by Gasteiger charge is 1.82. The van der Waals surface area contributed by atoms with Gasteiger partial charge in [0.2, 0.25) is 0 Å². The Morgan fingerprint density at radius 2 is 2.40 bits per heavy atom. The topological polar surface area (TPSA) is 36.8 Å². The van der Waals surface area contributed by atoms with Crippen LogP contribution in [-0.4, -0.2) is 26.5 Å². The second kappa shape index (κ2) is 6.01. The fourth-order valence-corrected chi connectivity index (χ4v) is 0.450. The van der Waals surface area contributed by atoms with Crippen LogP contribution in [0, 0.1) is 0 Å². The first-order valence-corrected chi connectivity index (χ1v) is 3.18. The number of hydrogen-bond acceptors (Lipinski definition) is 3. The first-order valence-electron chi connectivity index (χ1n) is 3.18. The van der Waals surface area contributed by atoms with Gasteiger partial charge in [0.05, 0.1) is 11.9 Å². The normalized spacial score (nSPS) is 12.0. The molecule has 0 aliphatic rings. The zero-order valence-electron chi connectivity index (χ0n) is 6.46. The van der Waals surface area contributed by atoms with Crippen LogP contribution < -0.4 is 5.32 Å². The standard InChI is InChI=1S/C7H13N3/c1-4-10-6-7(9-3)5-8-2/h5-6,9H,2,4H2,1,3H3/b7-5+,10-6-. The summed E-state index contributed by atoms with van der Waals surface area (Å²) in [5, 5.41) is 2.92. The molecule has 0 aliphatic heterocycles. The van der Waals surface area contributed by atoms with Gasteiger partial charge in [-0.2, -0.15) is 0 Å². The Morgan fingerprint density at radius 3 is 2.80 bits per heavy atom. The van der Waals surface area contributed by atoms with Crippen molar-refractivity contribution in [2.45, 2.75) is 6.92 Å². The van der Waals surface area contributed by atoms with Gasteiger partial charge in [0.25, 0.3) is 0 Å². The van der Waals surface area contributed by atoms with Crippen molar-refractivity contribution in [3.05, 3.63) is 11.9 Å². The lowest BCUT2D eigenvalue weighted by Crippen LogP contribution is -2.06. The molecule has 0 saturated carbocycles. The summed E-state index contributed by atoms with van der Waals surface area (Å²) in [6, 6.07) is 0. The molecule has 0 amide bonds. The summed E-state index contributed by atoms with van der Waals surface area (Å²) in [6.07, 6.45) is 3.36. The number of aliphatic imine (C=N–C) groups is 2. The molecule has 3 heteroatoms. The average Bonchev–Trinajstić information content (AvgIpc) is 1.98. The Bertz CT molecular complexity index is 147. The molecule has 0 spiro atoms. The molecule has 0 aromatic rings. The molecular weight excluding hydrogens is 126 g/mol. The Labute approximate surface area is 61.6 Å². The third-order valence-electron chi connectivity index (χ3n) is 0.932. The van der Waals surface area contributed by atoms with E-state index in [2.05, 4.69) is 22.0 Å². The highest BCUT2D eigenvalue weighted by Crippen LogP contribution is 1.82. The van der Waals surface area contributed by atoms with E-state index in [-0.39, 0.29) is 0 Å². The molecule has 0 bridgehead atoms. The predicted molar refractivity (Wildman–Crippen MR) is 45.7 cm³/mol. The molecule has 56 valence electrons. The molecule has 3 nitrogen and oxygen atoms in total. The number of nitrogens with zero attached hydrogens (tertiary/aromatic N) is 2. The van der Waals surface area contributed by atoms with Crippen LogP contribution in [0.3, 0.4) is 0 Å². The Hall–Kier alpha value is -1.12. The smallest absolute Gasteiger partial charge is 0.0704 e. The van der Waals surface area contributed by atoms with Crippen LogP contribution in [-0.2, 0) is 0 Å². The lowest BCUT2D eigenvalue weighted by Gasteiger charge is -1.95. The maximum Gasteiger partial charge on any atom is 0.0704 e. The second-order valence-electron chi connectivity index (χ2n) is 1.64. The van der Waals surface area contributed by atoms with Crippen molar-refractivity contribution in [1.82, 2.24) is 5.32 Å². The van der Waals surface area contributed by atoms with Crippen molar-refractivity contribution >= 4 is 12.9 Å². The van der Waals surface area contributed by atoms with Crippen LogP contribution in [0.2, 0.25) is 0 Å². The summed E-state index contributed by atoms with van der Waals surface area (Å²) in [5.41, 5.74) is 0.872. The molecule has 0 saturated heterocycles. The van der Waals surface area contributed by atoms with E-state index in [1.165, 1.54) is 0 Å². The molecule has 0 heterocycles. The van der Waals surface area contributed by atoms with E-state index >= 15 is 0 Å². The van der Waals surface area contributed by atoms with Crippen molar-refractivity contribution < 1.29 is 0 Å². The van der Waals surface area contributed by atoms with Gasteiger partial charge in [-0.15, -0.1) is 0 Å². The molecule has 0 aliphatic carbocycles. The van der Waals surface area contributed by atoms with Gasteiger partial charge in [0, 0.05) is 19.8 Å². The largest absolute Gasteiger partial charge is 0.386 e. The highest BCUT2D eigenvalue weighted by molar-refractivity contribution is 5.77. The molecule has 0 unspecified atom stereocenters. The number of nitrogens with one attached hydrogen (secondary N) is 1. The molecular formula is C7H13N3.